The van der Waals surface area contributed by atoms with Crippen LogP contribution in [0.4, 0.5) is 0 Å². The molecular formula is C16H22N2O2. The Morgan fingerprint density at radius 1 is 1.35 bits per heavy atom. The van der Waals surface area contributed by atoms with Crippen molar-refractivity contribution < 1.29 is 9.90 Å². The fourth-order valence-corrected chi connectivity index (χ4v) is 2.02. The smallest absolute Gasteiger partial charge is 0.231 e. The lowest BCUT2D eigenvalue weighted by atomic mass is 10.1. The molecule has 0 heterocycles. The lowest BCUT2D eigenvalue weighted by Crippen LogP contribution is -2.35. The third-order valence-electron chi connectivity index (χ3n) is 2.67. The van der Waals surface area contributed by atoms with Gasteiger partial charge in [-0.2, -0.15) is 0 Å². The van der Waals surface area contributed by atoms with Crippen LogP contribution in [-0.2, 0) is 11.3 Å². The van der Waals surface area contributed by atoms with Crippen molar-refractivity contribution in [3.8, 4) is 11.8 Å². The molecule has 0 saturated heterocycles. The zero-order valence-electron chi connectivity index (χ0n) is 12.1. The van der Waals surface area contributed by atoms with Crippen LogP contribution in [0.2, 0.25) is 0 Å². The molecule has 0 aromatic heterocycles. The minimum absolute atomic E-state index is 0.136. The zero-order valence-corrected chi connectivity index (χ0v) is 12.1. The molecule has 4 nitrogen and oxygen atoms in total. The average molecular weight is 274 g/mol. The second-order valence-electron chi connectivity index (χ2n) is 5.19. The maximum absolute atomic E-state index is 11.1. The summed E-state index contributed by atoms with van der Waals surface area (Å²) >= 11 is 0. The first kappa shape index (κ1) is 16.2. The van der Waals surface area contributed by atoms with E-state index < -0.39 is 0 Å². The molecule has 3 N–H and O–H groups in total. The average Bonchev–Trinajstić information content (AvgIpc) is 2.36. The molecule has 0 bridgehead atoms. The van der Waals surface area contributed by atoms with Gasteiger partial charge in [0, 0.05) is 18.7 Å². The highest BCUT2D eigenvalue weighted by atomic mass is 16.2. The molecule has 1 aromatic rings. The number of carbonyl (C=O) groups is 1. The predicted molar refractivity (Wildman–Crippen MR) is 79.7 cm³/mol. The molecule has 1 aromatic carbocycles. The molecule has 0 aliphatic carbocycles. The number of primary amides is 1. The Balaban J connectivity index is 2.70. The molecule has 0 atom stereocenters. The number of aliphatic hydroxyl groups excluding tert-OH is 1. The van der Waals surface area contributed by atoms with Crippen molar-refractivity contribution in [1.82, 2.24) is 4.90 Å². The molecular weight excluding hydrogens is 252 g/mol. The van der Waals surface area contributed by atoms with Crippen LogP contribution >= 0.6 is 0 Å². The van der Waals surface area contributed by atoms with Crippen molar-refractivity contribution in [3.05, 3.63) is 35.4 Å². The van der Waals surface area contributed by atoms with Crippen LogP contribution in [-0.4, -0.2) is 35.6 Å². The van der Waals surface area contributed by atoms with E-state index in [0.717, 1.165) is 17.7 Å². The molecule has 1 rings (SSSR count). The first-order valence-corrected chi connectivity index (χ1v) is 6.70. The van der Waals surface area contributed by atoms with Crippen LogP contribution in [0.25, 0.3) is 0 Å². The number of nitrogens with zero attached hydrogens (tertiary/aromatic N) is 1. The maximum Gasteiger partial charge on any atom is 0.231 e. The third kappa shape index (κ3) is 6.37. The fourth-order valence-electron chi connectivity index (χ4n) is 2.02. The summed E-state index contributed by atoms with van der Waals surface area (Å²) in [7, 11) is 0. The van der Waals surface area contributed by atoms with E-state index in [1.165, 1.54) is 0 Å². The minimum atomic E-state index is -0.309. The van der Waals surface area contributed by atoms with Gasteiger partial charge in [-0.25, -0.2) is 0 Å². The normalized spacial score (nSPS) is 10.4. The van der Waals surface area contributed by atoms with Crippen molar-refractivity contribution in [1.29, 1.82) is 0 Å². The Morgan fingerprint density at radius 3 is 2.50 bits per heavy atom. The number of carbonyl (C=O) groups excluding carboxylic acids is 1. The topological polar surface area (TPSA) is 66.6 Å². The molecule has 108 valence electrons. The highest BCUT2D eigenvalue weighted by Crippen LogP contribution is 2.09. The molecule has 0 saturated carbocycles. The van der Waals surface area contributed by atoms with E-state index in [0.29, 0.717) is 12.5 Å². The molecule has 20 heavy (non-hydrogen) atoms. The highest BCUT2D eigenvalue weighted by molar-refractivity contribution is 5.75. The lowest BCUT2D eigenvalue weighted by Gasteiger charge is -2.22. The Kier molecular flexibility index (Phi) is 6.78. The zero-order chi connectivity index (χ0) is 15.0. The van der Waals surface area contributed by atoms with Crippen molar-refractivity contribution in [2.75, 3.05) is 19.7 Å². The number of rotatable bonds is 6. The second-order valence-corrected chi connectivity index (χ2v) is 5.19. The summed E-state index contributed by atoms with van der Waals surface area (Å²) in [6.45, 7) is 5.87. The summed E-state index contributed by atoms with van der Waals surface area (Å²) in [5.74, 6) is 5.63. The largest absolute Gasteiger partial charge is 0.384 e. The second kappa shape index (κ2) is 8.36. The molecule has 0 aliphatic rings. The van der Waals surface area contributed by atoms with Gasteiger partial charge in [0.1, 0.15) is 6.61 Å². The number of hydrogen-bond donors (Lipinski definition) is 2. The van der Waals surface area contributed by atoms with Crippen molar-refractivity contribution in [3.63, 3.8) is 0 Å². The lowest BCUT2D eigenvalue weighted by molar-refractivity contribution is -0.119. The maximum atomic E-state index is 11.1. The van der Waals surface area contributed by atoms with E-state index >= 15 is 0 Å². The molecule has 0 radical (unpaired) electrons. The van der Waals surface area contributed by atoms with E-state index in [9.17, 15) is 4.79 Å². The molecule has 4 heteroatoms. The Bertz CT molecular complexity index is 483. The van der Waals surface area contributed by atoms with Crippen molar-refractivity contribution in [2.24, 2.45) is 11.7 Å². The summed E-state index contributed by atoms with van der Waals surface area (Å²) in [6.07, 6.45) is 0. The van der Waals surface area contributed by atoms with Gasteiger partial charge in [-0.05, 0) is 23.6 Å². The predicted octanol–water partition coefficient (Wildman–Crippen LogP) is 0.974. The fraction of sp³-hybridized carbons (Fsp3) is 0.438. The quantitative estimate of drug-likeness (QED) is 0.760. The van der Waals surface area contributed by atoms with Gasteiger partial charge < -0.3 is 10.8 Å². The SMILES string of the molecule is CC(C)CN(CC(N)=O)Cc1ccc(C#CCO)cc1. The van der Waals surface area contributed by atoms with E-state index in [2.05, 4.69) is 25.7 Å². The van der Waals surface area contributed by atoms with Gasteiger partial charge in [-0.3, -0.25) is 9.69 Å². The van der Waals surface area contributed by atoms with Crippen LogP contribution in [0.15, 0.2) is 24.3 Å². The van der Waals surface area contributed by atoms with Gasteiger partial charge in [-0.1, -0.05) is 37.8 Å². The van der Waals surface area contributed by atoms with Crippen molar-refractivity contribution >= 4 is 5.91 Å². The minimum Gasteiger partial charge on any atom is -0.384 e. The summed E-state index contributed by atoms with van der Waals surface area (Å²) in [5.41, 5.74) is 7.26. The number of nitrogens with two attached hydrogens (primary N) is 1. The Labute approximate surface area is 120 Å². The van der Waals surface area contributed by atoms with Gasteiger partial charge in [0.25, 0.3) is 0 Å². The summed E-state index contributed by atoms with van der Waals surface area (Å²) in [4.78, 5) is 13.1. The number of amides is 1. The van der Waals surface area contributed by atoms with E-state index in [4.69, 9.17) is 10.8 Å². The third-order valence-corrected chi connectivity index (χ3v) is 2.67. The number of aliphatic hydroxyl groups is 1. The van der Waals surface area contributed by atoms with E-state index in [1.807, 2.05) is 29.2 Å². The summed E-state index contributed by atoms with van der Waals surface area (Å²) in [6, 6.07) is 7.79. The molecule has 0 aliphatic heterocycles. The molecule has 0 spiro atoms. The number of benzene rings is 1. The first-order chi connectivity index (χ1) is 9.51. The molecule has 0 unspecified atom stereocenters. The van der Waals surface area contributed by atoms with Crippen LogP contribution in [0.3, 0.4) is 0 Å². The monoisotopic (exact) mass is 274 g/mol. The Hall–Kier alpha value is -1.83. The molecule has 0 fully saturated rings. The summed E-state index contributed by atoms with van der Waals surface area (Å²) in [5, 5.41) is 8.64. The van der Waals surface area contributed by atoms with Crippen molar-refractivity contribution in [2.45, 2.75) is 20.4 Å². The Morgan fingerprint density at radius 2 is 2.00 bits per heavy atom. The van der Waals surface area contributed by atoms with Gasteiger partial charge in [-0.15, -0.1) is 0 Å². The van der Waals surface area contributed by atoms with Crippen LogP contribution in [0.1, 0.15) is 25.0 Å². The molecule has 1 amide bonds. The first-order valence-electron chi connectivity index (χ1n) is 6.70. The van der Waals surface area contributed by atoms with Gasteiger partial charge in [0.05, 0.1) is 6.54 Å². The van der Waals surface area contributed by atoms with Crippen LogP contribution < -0.4 is 5.73 Å². The van der Waals surface area contributed by atoms with E-state index in [-0.39, 0.29) is 19.1 Å². The number of hydrogen-bond acceptors (Lipinski definition) is 3. The summed E-state index contributed by atoms with van der Waals surface area (Å²) < 4.78 is 0. The van der Waals surface area contributed by atoms with Gasteiger partial charge >= 0.3 is 0 Å². The van der Waals surface area contributed by atoms with E-state index in [1.54, 1.807) is 0 Å². The van der Waals surface area contributed by atoms with Gasteiger partial charge in [0.2, 0.25) is 5.91 Å². The van der Waals surface area contributed by atoms with Crippen LogP contribution in [0, 0.1) is 17.8 Å². The van der Waals surface area contributed by atoms with Crippen LogP contribution in [0.5, 0.6) is 0 Å². The highest BCUT2D eigenvalue weighted by Gasteiger charge is 2.10. The van der Waals surface area contributed by atoms with Gasteiger partial charge in [0.15, 0.2) is 0 Å². The standard InChI is InChI=1S/C16H22N2O2/c1-13(2)10-18(12-16(17)20)11-15-7-5-14(6-8-15)4-3-9-19/h5-8,13,19H,9-12H2,1-2H3,(H2,17,20).